The van der Waals surface area contributed by atoms with Gasteiger partial charge >= 0.3 is 0 Å². The van der Waals surface area contributed by atoms with Gasteiger partial charge in [0.1, 0.15) is 12.1 Å². The zero-order chi connectivity index (χ0) is 13.2. The molecule has 0 saturated carbocycles. The summed E-state index contributed by atoms with van der Waals surface area (Å²) < 4.78 is 0. The Hall–Kier alpha value is -1.06. The normalized spacial score (nSPS) is 27.3. The molecule has 1 fully saturated rings. The van der Waals surface area contributed by atoms with Gasteiger partial charge in [-0.2, -0.15) is 0 Å². The maximum absolute atomic E-state index is 12.2. The van der Waals surface area contributed by atoms with Gasteiger partial charge in [0.25, 0.3) is 0 Å². The van der Waals surface area contributed by atoms with E-state index in [4.69, 9.17) is 0 Å². The zero-order valence-corrected chi connectivity index (χ0v) is 11.5. The molecule has 0 aromatic heterocycles. The summed E-state index contributed by atoms with van der Waals surface area (Å²) in [6, 6.07) is -0.562. The predicted octanol–water partition coefficient (Wildman–Crippen LogP) is 1.55. The highest BCUT2D eigenvalue weighted by atomic mass is 16.2. The van der Waals surface area contributed by atoms with Crippen molar-refractivity contribution < 1.29 is 9.59 Å². The third-order valence-electron chi connectivity index (χ3n) is 3.38. The van der Waals surface area contributed by atoms with Gasteiger partial charge in [-0.3, -0.25) is 9.59 Å². The molecule has 3 atom stereocenters. The average molecular weight is 240 g/mol. The second-order valence-corrected chi connectivity index (χ2v) is 5.38. The lowest BCUT2D eigenvalue weighted by molar-refractivity contribution is -0.152. The van der Waals surface area contributed by atoms with Gasteiger partial charge < -0.3 is 10.2 Å². The number of hydrogen-bond acceptors (Lipinski definition) is 2. The van der Waals surface area contributed by atoms with Crippen molar-refractivity contribution in [3.8, 4) is 0 Å². The fraction of sp³-hybridized carbons (Fsp3) is 0.846. The molecule has 1 aliphatic heterocycles. The molecule has 0 aliphatic carbocycles. The number of piperazine rings is 1. The molecule has 1 heterocycles. The molecule has 17 heavy (non-hydrogen) atoms. The highest BCUT2D eigenvalue weighted by Crippen LogP contribution is 2.21. The lowest BCUT2D eigenvalue weighted by Gasteiger charge is -2.42. The van der Waals surface area contributed by atoms with Crippen LogP contribution in [0.1, 0.15) is 47.5 Å². The number of nitrogens with zero attached hydrogens (tertiary/aromatic N) is 1. The van der Waals surface area contributed by atoms with E-state index in [0.29, 0.717) is 5.92 Å². The standard InChI is InChI=1S/C13H24N2O2/c1-6-9(4)15-11(7-8(2)3)12(16)14-10(5)13(15)17/h8-11H,6-7H2,1-5H3,(H,14,16). The van der Waals surface area contributed by atoms with Crippen molar-refractivity contribution >= 4 is 11.8 Å². The maximum Gasteiger partial charge on any atom is 0.245 e. The van der Waals surface area contributed by atoms with E-state index >= 15 is 0 Å². The maximum atomic E-state index is 12.2. The van der Waals surface area contributed by atoms with Crippen LogP contribution in [0.3, 0.4) is 0 Å². The van der Waals surface area contributed by atoms with Crippen LogP contribution in [0.5, 0.6) is 0 Å². The van der Waals surface area contributed by atoms with Crippen LogP contribution in [-0.4, -0.2) is 34.8 Å². The van der Waals surface area contributed by atoms with E-state index in [9.17, 15) is 9.59 Å². The van der Waals surface area contributed by atoms with E-state index in [-0.39, 0.29) is 29.9 Å². The molecule has 0 aromatic carbocycles. The van der Waals surface area contributed by atoms with Crippen LogP contribution < -0.4 is 5.32 Å². The molecule has 1 N–H and O–H groups in total. The molecular weight excluding hydrogens is 216 g/mol. The average Bonchev–Trinajstić information content (AvgIpc) is 2.25. The highest BCUT2D eigenvalue weighted by Gasteiger charge is 2.40. The Bertz CT molecular complexity index is 302. The van der Waals surface area contributed by atoms with Gasteiger partial charge in [-0.05, 0) is 32.6 Å². The van der Waals surface area contributed by atoms with Crippen LogP contribution in [0.25, 0.3) is 0 Å². The first-order valence-electron chi connectivity index (χ1n) is 6.51. The molecule has 98 valence electrons. The highest BCUT2D eigenvalue weighted by molar-refractivity contribution is 5.96. The number of hydrogen-bond donors (Lipinski definition) is 1. The molecule has 2 amide bonds. The zero-order valence-electron chi connectivity index (χ0n) is 11.5. The van der Waals surface area contributed by atoms with E-state index in [0.717, 1.165) is 12.8 Å². The summed E-state index contributed by atoms with van der Waals surface area (Å²) in [6.45, 7) is 9.95. The Morgan fingerprint density at radius 3 is 2.35 bits per heavy atom. The fourth-order valence-electron chi connectivity index (χ4n) is 2.26. The van der Waals surface area contributed by atoms with Gasteiger partial charge in [0.15, 0.2) is 0 Å². The Balaban J connectivity index is 2.95. The largest absolute Gasteiger partial charge is 0.343 e. The van der Waals surface area contributed by atoms with E-state index < -0.39 is 0 Å². The number of rotatable bonds is 4. The number of carbonyl (C=O) groups excluding carboxylic acids is 2. The first-order valence-corrected chi connectivity index (χ1v) is 6.51. The van der Waals surface area contributed by atoms with Crippen molar-refractivity contribution in [3.05, 3.63) is 0 Å². The summed E-state index contributed by atoms with van der Waals surface area (Å²) in [4.78, 5) is 26.0. The Kier molecular flexibility index (Phi) is 4.54. The lowest BCUT2D eigenvalue weighted by Crippen LogP contribution is -2.64. The third kappa shape index (κ3) is 2.99. The fourth-order valence-corrected chi connectivity index (χ4v) is 2.26. The summed E-state index contributed by atoms with van der Waals surface area (Å²) in [5.74, 6) is 0.439. The molecule has 4 nitrogen and oxygen atoms in total. The lowest BCUT2D eigenvalue weighted by atomic mass is 9.96. The van der Waals surface area contributed by atoms with E-state index in [2.05, 4.69) is 19.2 Å². The van der Waals surface area contributed by atoms with Gasteiger partial charge in [-0.1, -0.05) is 20.8 Å². The molecule has 0 radical (unpaired) electrons. The van der Waals surface area contributed by atoms with Crippen molar-refractivity contribution in [2.75, 3.05) is 0 Å². The molecule has 3 unspecified atom stereocenters. The summed E-state index contributed by atoms with van der Waals surface area (Å²) in [7, 11) is 0. The topological polar surface area (TPSA) is 49.4 Å². The van der Waals surface area contributed by atoms with Crippen molar-refractivity contribution in [2.45, 2.75) is 65.6 Å². The predicted molar refractivity (Wildman–Crippen MR) is 67.4 cm³/mol. The number of carbonyl (C=O) groups is 2. The minimum Gasteiger partial charge on any atom is -0.343 e. The first kappa shape index (κ1) is 14.0. The molecule has 0 aromatic rings. The first-order chi connectivity index (χ1) is 7.88. The summed E-state index contributed by atoms with van der Waals surface area (Å²) >= 11 is 0. The van der Waals surface area contributed by atoms with E-state index in [1.807, 2.05) is 13.8 Å². The van der Waals surface area contributed by atoms with Crippen molar-refractivity contribution in [2.24, 2.45) is 5.92 Å². The SMILES string of the molecule is CCC(C)N1C(=O)C(C)NC(=O)C1CC(C)C. The minimum absolute atomic E-state index is 0.00824. The molecule has 0 spiro atoms. The summed E-state index contributed by atoms with van der Waals surface area (Å²) in [5.41, 5.74) is 0. The van der Waals surface area contributed by atoms with Crippen LogP contribution in [0, 0.1) is 5.92 Å². The van der Waals surface area contributed by atoms with Gasteiger partial charge in [-0.25, -0.2) is 0 Å². The number of amides is 2. The van der Waals surface area contributed by atoms with E-state index in [1.165, 1.54) is 0 Å². The Morgan fingerprint density at radius 1 is 1.29 bits per heavy atom. The summed E-state index contributed by atoms with van der Waals surface area (Å²) in [6.07, 6.45) is 1.61. The molecular formula is C13H24N2O2. The molecule has 1 saturated heterocycles. The molecule has 4 heteroatoms. The van der Waals surface area contributed by atoms with Gasteiger partial charge in [0.2, 0.25) is 11.8 Å². The smallest absolute Gasteiger partial charge is 0.245 e. The molecule has 0 bridgehead atoms. The van der Waals surface area contributed by atoms with Crippen LogP contribution in [0.2, 0.25) is 0 Å². The Morgan fingerprint density at radius 2 is 1.88 bits per heavy atom. The Labute approximate surface area is 104 Å². The van der Waals surface area contributed by atoms with Crippen LogP contribution in [0.15, 0.2) is 0 Å². The van der Waals surface area contributed by atoms with E-state index in [1.54, 1.807) is 11.8 Å². The van der Waals surface area contributed by atoms with Gasteiger partial charge in [0, 0.05) is 6.04 Å². The minimum atomic E-state index is -0.389. The molecule has 1 rings (SSSR count). The van der Waals surface area contributed by atoms with Crippen molar-refractivity contribution in [3.63, 3.8) is 0 Å². The van der Waals surface area contributed by atoms with Crippen LogP contribution in [0.4, 0.5) is 0 Å². The van der Waals surface area contributed by atoms with Crippen LogP contribution >= 0.6 is 0 Å². The second-order valence-electron chi connectivity index (χ2n) is 5.38. The third-order valence-corrected chi connectivity index (χ3v) is 3.38. The monoisotopic (exact) mass is 240 g/mol. The van der Waals surface area contributed by atoms with Gasteiger partial charge in [0.05, 0.1) is 0 Å². The number of nitrogens with one attached hydrogen (secondary N) is 1. The quantitative estimate of drug-likeness (QED) is 0.810. The van der Waals surface area contributed by atoms with Crippen LogP contribution in [-0.2, 0) is 9.59 Å². The van der Waals surface area contributed by atoms with Gasteiger partial charge in [-0.15, -0.1) is 0 Å². The second kappa shape index (κ2) is 5.52. The van der Waals surface area contributed by atoms with Crippen molar-refractivity contribution in [1.29, 1.82) is 0 Å². The summed E-state index contributed by atoms with van der Waals surface area (Å²) in [5, 5.41) is 2.76. The van der Waals surface area contributed by atoms with Crippen molar-refractivity contribution in [1.82, 2.24) is 10.2 Å². The molecule has 1 aliphatic rings.